The number of alkyl halides is 3. The predicted molar refractivity (Wildman–Crippen MR) is 85.3 cm³/mol. The molecule has 136 valence electrons. The number of hydrogen-bond acceptors (Lipinski definition) is 8. The molecule has 0 aliphatic carbocycles. The van der Waals surface area contributed by atoms with E-state index in [2.05, 4.69) is 25.0 Å². The maximum Gasteiger partial charge on any atom is 0.433 e. The van der Waals surface area contributed by atoms with Crippen LogP contribution in [0.5, 0.6) is 0 Å². The molecule has 0 N–H and O–H groups in total. The van der Waals surface area contributed by atoms with Gasteiger partial charge in [-0.2, -0.15) is 18.2 Å². The van der Waals surface area contributed by atoms with E-state index in [9.17, 15) is 13.2 Å². The fourth-order valence-corrected chi connectivity index (χ4v) is 2.93. The van der Waals surface area contributed by atoms with Gasteiger partial charge in [-0.05, 0) is 6.26 Å². The summed E-state index contributed by atoms with van der Waals surface area (Å²) in [5, 5.41) is 3.98. The zero-order chi connectivity index (χ0) is 18.0. The predicted octanol–water partition coefficient (Wildman–Crippen LogP) is 2.23. The van der Waals surface area contributed by atoms with Gasteiger partial charge in [-0.1, -0.05) is 16.9 Å². The highest BCUT2D eigenvalue weighted by Gasteiger charge is 2.34. The Hall–Kier alpha value is -1.88. The van der Waals surface area contributed by atoms with Crippen LogP contribution in [-0.2, 0) is 12.7 Å². The van der Waals surface area contributed by atoms with Gasteiger partial charge in [0.05, 0.1) is 6.54 Å². The molecule has 3 rings (SSSR count). The molecule has 0 bridgehead atoms. The van der Waals surface area contributed by atoms with Crippen LogP contribution in [0.15, 0.2) is 15.7 Å². The van der Waals surface area contributed by atoms with Crippen LogP contribution in [-0.4, -0.2) is 57.4 Å². The van der Waals surface area contributed by atoms with Crippen molar-refractivity contribution in [1.29, 1.82) is 0 Å². The van der Waals surface area contributed by atoms with Crippen molar-refractivity contribution < 1.29 is 17.7 Å². The van der Waals surface area contributed by atoms with Gasteiger partial charge in [0, 0.05) is 39.2 Å². The van der Waals surface area contributed by atoms with Crippen molar-refractivity contribution in [3.05, 3.63) is 23.5 Å². The molecule has 2 aromatic rings. The van der Waals surface area contributed by atoms with Gasteiger partial charge in [0.1, 0.15) is 5.82 Å². The minimum Gasteiger partial charge on any atom is -0.354 e. The second kappa shape index (κ2) is 7.16. The molecular formula is C14H17F3N6OS. The maximum atomic E-state index is 13.0. The molecule has 2 aromatic heterocycles. The van der Waals surface area contributed by atoms with Crippen LogP contribution in [0, 0.1) is 6.92 Å². The summed E-state index contributed by atoms with van der Waals surface area (Å²) in [6, 6.07) is 1.01. The molecule has 1 fully saturated rings. The van der Waals surface area contributed by atoms with Gasteiger partial charge in [-0.3, -0.25) is 4.90 Å². The number of hydrogen-bond donors (Lipinski definition) is 0. The fourth-order valence-electron chi connectivity index (χ4n) is 2.55. The highest BCUT2D eigenvalue weighted by molar-refractivity contribution is 7.98. The number of aryl methyl sites for hydroxylation is 1. The van der Waals surface area contributed by atoms with E-state index in [1.165, 1.54) is 0 Å². The summed E-state index contributed by atoms with van der Waals surface area (Å²) in [6.45, 7) is 4.77. The molecule has 0 aromatic carbocycles. The lowest BCUT2D eigenvalue weighted by molar-refractivity contribution is -0.141. The molecule has 0 atom stereocenters. The first kappa shape index (κ1) is 17.9. The summed E-state index contributed by atoms with van der Waals surface area (Å²) in [5.74, 6) is 1.43. The Morgan fingerprint density at radius 1 is 1.16 bits per heavy atom. The van der Waals surface area contributed by atoms with E-state index in [1.54, 1.807) is 13.2 Å². The smallest absolute Gasteiger partial charge is 0.354 e. The molecule has 0 saturated carbocycles. The van der Waals surface area contributed by atoms with E-state index in [0.717, 1.165) is 17.8 Å². The van der Waals surface area contributed by atoms with Gasteiger partial charge in [-0.25, -0.2) is 9.97 Å². The van der Waals surface area contributed by atoms with Crippen LogP contribution < -0.4 is 4.90 Å². The SMILES string of the molecule is CSc1nc(N2CCN(Cc3noc(C)n3)CC2)cc(C(F)(F)F)n1. The molecule has 11 heteroatoms. The number of thioether (sulfide) groups is 1. The maximum absolute atomic E-state index is 13.0. The van der Waals surface area contributed by atoms with Gasteiger partial charge in [0.25, 0.3) is 0 Å². The van der Waals surface area contributed by atoms with Gasteiger partial charge in [-0.15, -0.1) is 0 Å². The van der Waals surface area contributed by atoms with Crippen LogP contribution in [0.1, 0.15) is 17.4 Å². The standard InChI is InChI=1S/C14H17F3N6OS/c1-9-18-11(21-24-9)8-22-3-5-23(6-4-22)12-7-10(14(15,16)17)19-13(20-12)25-2/h7H,3-6,8H2,1-2H3. The van der Waals surface area contributed by atoms with E-state index in [0.29, 0.717) is 50.3 Å². The summed E-state index contributed by atoms with van der Waals surface area (Å²) in [7, 11) is 0. The second-order valence-electron chi connectivity index (χ2n) is 5.59. The van der Waals surface area contributed by atoms with Crippen molar-refractivity contribution in [1.82, 2.24) is 25.0 Å². The third-order valence-corrected chi connectivity index (χ3v) is 4.34. The first-order valence-electron chi connectivity index (χ1n) is 7.62. The molecule has 1 aliphatic rings. The Bertz CT molecular complexity index is 730. The van der Waals surface area contributed by atoms with Crippen molar-refractivity contribution >= 4 is 17.6 Å². The van der Waals surface area contributed by atoms with E-state index in [-0.39, 0.29) is 5.16 Å². The molecule has 0 spiro atoms. The van der Waals surface area contributed by atoms with Crippen LogP contribution >= 0.6 is 11.8 Å². The third kappa shape index (κ3) is 4.40. The Morgan fingerprint density at radius 2 is 1.88 bits per heavy atom. The highest BCUT2D eigenvalue weighted by atomic mass is 32.2. The first-order valence-corrected chi connectivity index (χ1v) is 8.84. The zero-order valence-electron chi connectivity index (χ0n) is 13.7. The largest absolute Gasteiger partial charge is 0.433 e. The minimum absolute atomic E-state index is 0.120. The summed E-state index contributed by atoms with van der Waals surface area (Å²) >= 11 is 1.10. The number of piperazine rings is 1. The second-order valence-corrected chi connectivity index (χ2v) is 6.36. The molecule has 3 heterocycles. The summed E-state index contributed by atoms with van der Waals surface area (Å²) in [6.07, 6.45) is -2.83. The average Bonchev–Trinajstić information content (AvgIpc) is 2.99. The Morgan fingerprint density at radius 3 is 2.44 bits per heavy atom. The van der Waals surface area contributed by atoms with Crippen LogP contribution in [0.3, 0.4) is 0 Å². The topological polar surface area (TPSA) is 71.2 Å². The van der Waals surface area contributed by atoms with Crippen molar-refractivity contribution in [2.75, 3.05) is 37.3 Å². The molecule has 25 heavy (non-hydrogen) atoms. The number of aromatic nitrogens is 4. The number of nitrogens with zero attached hydrogens (tertiary/aromatic N) is 6. The highest BCUT2D eigenvalue weighted by Crippen LogP contribution is 2.31. The average molecular weight is 374 g/mol. The van der Waals surface area contributed by atoms with Crippen molar-refractivity contribution in [2.24, 2.45) is 0 Å². The molecular weight excluding hydrogens is 357 g/mol. The van der Waals surface area contributed by atoms with E-state index < -0.39 is 11.9 Å². The van der Waals surface area contributed by atoms with Crippen LogP contribution in [0.4, 0.5) is 19.0 Å². The Balaban J connectivity index is 1.68. The van der Waals surface area contributed by atoms with Gasteiger partial charge in [0.2, 0.25) is 5.89 Å². The van der Waals surface area contributed by atoms with Crippen LogP contribution in [0.25, 0.3) is 0 Å². The van der Waals surface area contributed by atoms with E-state index >= 15 is 0 Å². The number of anilines is 1. The zero-order valence-corrected chi connectivity index (χ0v) is 14.6. The Kier molecular flexibility index (Phi) is 5.13. The van der Waals surface area contributed by atoms with Crippen molar-refractivity contribution in [2.45, 2.75) is 24.8 Å². The van der Waals surface area contributed by atoms with Gasteiger partial charge in [0.15, 0.2) is 16.7 Å². The number of rotatable bonds is 4. The Labute approximate surface area is 146 Å². The van der Waals surface area contributed by atoms with Crippen LogP contribution in [0.2, 0.25) is 0 Å². The lowest BCUT2D eigenvalue weighted by atomic mass is 10.3. The molecule has 1 saturated heterocycles. The molecule has 7 nitrogen and oxygen atoms in total. The van der Waals surface area contributed by atoms with Crippen molar-refractivity contribution in [3.63, 3.8) is 0 Å². The summed E-state index contributed by atoms with van der Waals surface area (Å²) in [5.41, 5.74) is -0.911. The lowest BCUT2D eigenvalue weighted by Crippen LogP contribution is -2.46. The molecule has 0 amide bonds. The van der Waals surface area contributed by atoms with Gasteiger partial charge < -0.3 is 9.42 Å². The first-order chi connectivity index (χ1) is 11.8. The minimum atomic E-state index is -4.49. The van der Waals surface area contributed by atoms with Gasteiger partial charge >= 0.3 is 6.18 Å². The normalized spacial score (nSPS) is 16.4. The van der Waals surface area contributed by atoms with E-state index in [1.807, 2.05) is 4.90 Å². The molecule has 1 aliphatic heterocycles. The summed E-state index contributed by atoms with van der Waals surface area (Å²) < 4.78 is 44.0. The monoisotopic (exact) mass is 374 g/mol. The molecule has 0 radical (unpaired) electrons. The lowest BCUT2D eigenvalue weighted by Gasteiger charge is -2.35. The number of halogens is 3. The third-order valence-electron chi connectivity index (χ3n) is 3.80. The summed E-state index contributed by atoms with van der Waals surface area (Å²) in [4.78, 5) is 15.9. The quantitative estimate of drug-likeness (QED) is 0.596. The fraction of sp³-hybridized carbons (Fsp3) is 0.571. The van der Waals surface area contributed by atoms with E-state index in [4.69, 9.17) is 4.52 Å². The van der Waals surface area contributed by atoms with Crippen molar-refractivity contribution in [3.8, 4) is 0 Å². The molecule has 0 unspecified atom stereocenters.